The molecule has 0 aliphatic rings. The number of H-pyrrole nitrogens is 1. The molecular formula is C16H21N3O4. The Bertz CT molecular complexity index is 730. The minimum absolute atomic E-state index is 0.0121. The standard InChI is InChI=1S/C16H21N3O4/c1-16(2,3)14(20)9-18-15(21)6-10-8-17-13-5-4-11(19(22)23)7-12(10)13/h4-5,7-8,14,17,20H,6,9H2,1-3H3,(H,18,21). The Hall–Kier alpha value is -2.41. The van der Waals surface area contributed by atoms with Crippen LogP contribution in [0.25, 0.3) is 10.9 Å². The molecule has 2 aromatic rings. The van der Waals surface area contributed by atoms with Gasteiger partial charge in [0.25, 0.3) is 5.69 Å². The first-order chi connectivity index (χ1) is 10.7. The van der Waals surface area contributed by atoms with Gasteiger partial charge in [-0.25, -0.2) is 0 Å². The molecule has 3 N–H and O–H groups in total. The Balaban J connectivity index is 2.08. The van der Waals surface area contributed by atoms with Crippen molar-refractivity contribution in [2.45, 2.75) is 33.3 Å². The highest BCUT2D eigenvalue weighted by Crippen LogP contribution is 2.24. The third-order valence-electron chi connectivity index (χ3n) is 3.81. The van der Waals surface area contributed by atoms with Gasteiger partial charge in [-0.2, -0.15) is 0 Å². The highest BCUT2D eigenvalue weighted by atomic mass is 16.6. The summed E-state index contributed by atoms with van der Waals surface area (Å²) >= 11 is 0. The number of hydrogen-bond acceptors (Lipinski definition) is 4. The van der Waals surface area contributed by atoms with Crippen molar-refractivity contribution < 1.29 is 14.8 Å². The number of hydrogen-bond donors (Lipinski definition) is 3. The number of non-ortho nitro benzene ring substituents is 1. The molecule has 7 heteroatoms. The molecule has 0 saturated heterocycles. The predicted octanol–water partition coefficient (Wildman–Crippen LogP) is 2.14. The molecule has 0 aliphatic carbocycles. The molecule has 0 spiro atoms. The van der Waals surface area contributed by atoms with Gasteiger partial charge in [0.2, 0.25) is 5.91 Å². The summed E-state index contributed by atoms with van der Waals surface area (Å²) < 4.78 is 0. The Kier molecular flexibility index (Phi) is 4.70. The van der Waals surface area contributed by atoms with E-state index in [1.807, 2.05) is 20.8 Å². The number of nitro benzene ring substituents is 1. The summed E-state index contributed by atoms with van der Waals surface area (Å²) in [5.41, 5.74) is 1.11. The smallest absolute Gasteiger partial charge is 0.270 e. The number of carbonyl (C=O) groups is 1. The number of nitrogens with zero attached hydrogens (tertiary/aromatic N) is 1. The number of nitro groups is 1. The Morgan fingerprint density at radius 2 is 2.13 bits per heavy atom. The number of amides is 1. The second-order valence-electron chi connectivity index (χ2n) is 6.66. The van der Waals surface area contributed by atoms with E-state index in [0.29, 0.717) is 10.9 Å². The molecule has 1 unspecified atom stereocenters. The summed E-state index contributed by atoms with van der Waals surface area (Å²) in [6.07, 6.45) is 1.13. The van der Waals surface area contributed by atoms with Crippen molar-refractivity contribution in [3.8, 4) is 0 Å². The molecule has 23 heavy (non-hydrogen) atoms. The van der Waals surface area contributed by atoms with Gasteiger partial charge in [0, 0.05) is 35.8 Å². The average molecular weight is 319 g/mol. The van der Waals surface area contributed by atoms with Crippen molar-refractivity contribution in [1.82, 2.24) is 10.3 Å². The molecule has 0 saturated carbocycles. The summed E-state index contributed by atoms with van der Waals surface area (Å²) in [4.78, 5) is 25.4. The van der Waals surface area contributed by atoms with E-state index in [2.05, 4.69) is 10.3 Å². The first-order valence-corrected chi connectivity index (χ1v) is 7.37. The zero-order valence-corrected chi connectivity index (χ0v) is 13.4. The van der Waals surface area contributed by atoms with E-state index in [4.69, 9.17) is 0 Å². The van der Waals surface area contributed by atoms with Crippen molar-refractivity contribution in [1.29, 1.82) is 0 Å². The van der Waals surface area contributed by atoms with Gasteiger partial charge in [-0.1, -0.05) is 20.8 Å². The van der Waals surface area contributed by atoms with Crippen LogP contribution in [-0.4, -0.2) is 33.6 Å². The van der Waals surface area contributed by atoms with Gasteiger partial charge in [-0.3, -0.25) is 14.9 Å². The van der Waals surface area contributed by atoms with E-state index in [-0.39, 0.29) is 30.0 Å². The van der Waals surface area contributed by atoms with Crippen LogP contribution in [0.5, 0.6) is 0 Å². The van der Waals surface area contributed by atoms with Gasteiger partial charge in [0.15, 0.2) is 0 Å². The normalized spacial score (nSPS) is 13.0. The Labute approximate surface area is 133 Å². The zero-order chi connectivity index (χ0) is 17.2. The van der Waals surface area contributed by atoms with Crippen molar-refractivity contribution in [2.24, 2.45) is 5.41 Å². The average Bonchev–Trinajstić information content (AvgIpc) is 2.86. The maximum Gasteiger partial charge on any atom is 0.270 e. The molecular weight excluding hydrogens is 298 g/mol. The first-order valence-electron chi connectivity index (χ1n) is 7.37. The fourth-order valence-electron chi connectivity index (χ4n) is 2.18. The van der Waals surface area contributed by atoms with Crippen LogP contribution in [0.1, 0.15) is 26.3 Å². The maximum atomic E-state index is 12.0. The lowest BCUT2D eigenvalue weighted by atomic mass is 9.89. The number of aromatic nitrogens is 1. The van der Waals surface area contributed by atoms with Crippen molar-refractivity contribution in [2.75, 3.05) is 6.54 Å². The number of rotatable bonds is 5. The summed E-state index contributed by atoms with van der Waals surface area (Å²) in [6, 6.07) is 4.50. The van der Waals surface area contributed by atoms with Crippen LogP contribution in [0, 0.1) is 15.5 Å². The zero-order valence-electron chi connectivity index (χ0n) is 13.4. The van der Waals surface area contributed by atoms with Crippen LogP contribution in [0.15, 0.2) is 24.4 Å². The molecule has 1 aromatic carbocycles. The summed E-state index contributed by atoms with van der Waals surface area (Å²) in [7, 11) is 0. The fraction of sp³-hybridized carbons (Fsp3) is 0.438. The second kappa shape index (κ2) is 6.37. The monoisotopic (exact) mass is 319 g/mol. The molecule has 1 atom stereocenters. The Morgan fingerprint density at radius 3 is 2.74 bits per heavy atom. The number of aliphatic hydroxyl groups is 1. The maximum absolute atomic E-state index is 12.0. The molecule has 2 rings (SSSR count). The molecule has 1 aromatic heterocycles. The van der Waals surface area contributed by atoms with Crippen LogP contribution in [-0.2, 0) is 11.2 Å². The van der Waals surface area contributed by atoms with Gasteiger partial charge in [-0.15, -0.1) is 0 Å². The molecule has 1 amide bonds. The topological polar surface area (TPSA) is 108 Å². The minimum atomic E-state index is -0.643. The SMILES string of the molecule is CC(C)(C)C(O)CNC(=O)Cc1c[nH]c2ccc([N+](=O)[O-])cc12. The molecule has 7 nitrogen and oxygen atoms in total. The highest BCUT2D eigenvalue weighted by Gasteiger charge is 2.22. The fourth-order valence-corrected chi connectivity index (χ4v) is 2.18. The lowest BCUT2D eigenvalue weighted by Gasteiger charge is -2.25. The molecule has 0 aliphatic heterocycles. The molecule has 0 fully saturated rings. The first kappa shape index (κ1) is 17.0. The third kappa shape index (κ3) is 4.07. The van der Waals surface area contributed by atoms with E-state index >= 15 is 0 Å². The van der Waals surface area contributed by atoms with Gasteiger partial charge >= 0.3 is 0 Å². The van der Waals surface area contributed by atoms with E-state index in [1.54, 1.807) is 12.3 Å². The summed E-state index contributed by atoms with van der Waals surface area (Å²) in [5.74, 6) is -0.235. The van der Waals surface area contributed by atoms with Crippen LogP contribution in [0.4, 0.5) is 5.69 Å². The van der Waals surface area contributed by atoms with Crippen LogP contribution < -0.4 is 5.32 Å². The third-order valence-corrected chi connectivity index (χ3v) is 3.81. The number of benzene rings is 1. The quantitative estimate of drug-likeness (QED) is 0.579. The molecule has 0 bridgehead atoms. The molecule has 0 radical (unpaired) electrons. The molecule has 124 valence electrons. The molecule has 1 heterocycles. The largest absolute Gasteiger partial charge is 0.391 e. The lowest BCUT2D eigenvalue weighted by Crippen LogP contribution is -2.39. The second-order valence-corrected chi connectivity index (χ2v) is 6.66. The van der Waals surface area contributed by atoms with Crippen molar-refractivity contribution >= 4 is 22.5 Å². The van der Waals surface area contributed by atoms with E-state index in [9.17, 15) is 20.0 Å². The van der Waals surface area contributed by atoms with E-state index in [1.165, 1.54) is 12.1 Å². The van der Waals surface area contributed by atoms with Crippen molar-refractivity contribution in [3.05, 3.63) is 40.1 Å². The van der Waals surface area contributed by atoms with E-state index in [0.717, 1.165) is 5.52 Å². The number of aromatic amines is 1. The van der Waals surface area contributed by atoms with Crippen LogP contribution in [0.2, 0.25) is 0 Å². The Morgan fingerprint density at radius 1 is 1.43 bits per heavy atom. The number of carbonyl (C=O) groups excluding carboxylic acids is 1. The highest BCUT2D eigenvalue weighted by molar-refractivity contribution is 5.90. The van der Waals surface area contributed by atoms with Gasteiger partial charge < -0.3 is 15.4 Å². The van der Waals surface area contributed by atoms with Crippen LogP contribution in [0.3, 0.4) is 0 Å². The van der Waals surface area contributed by atoms with Gasteiger partial charge in [0.05, 0.1) is 17.4 Å². The summed E-state index contributed by atoms with van der Waals surface area (Å²) in [5, 5.41) is 24.1. The van der Waals surface area contributed by atoms with Gasteiger partial charge in [-0.05, 0) is 17.0 Å². The predicted molar refractivity (Wildman–Crippen MR) is 87.1 cm³/mol. The van der Waals surface area contributed by atoms with Crippen LogP contribution >= 0.6 is 0 Å². The van der Waals surface area contributed by atoms with E-state index < -0.39 is 11.0 Å². The summed E-state index contributed by atoms with van der Waals surface area (Å²) in [6.45, 7) is 5.85. The number of fused-ring (bicyclic) bond motifs is 1. The van der Waals surface area contributed by atoms with Crippen molar-refractivity contribution in [3.63, 3.8) is 0 Å². The lowest BCUT2D eigenvalue weighted by molar-refractivity contribution is -0.384. The number of aliphatic hydroxyl groups excluding tert-OH is 1. The number of nitrogens with one attached hydrogen (secondary N) is 2. The minimum Gasteiger partial charge on any atom is -0.391 e. The van der Waals surface area contributed by atoms with Gasteiger partial charge in [0.1, 0.15) is 0 Å².